The van der Waals surface area contributed by atoms with E-state index in [-0.39, 0.29) is 30.4 Å². The molecule has 0 radical (unpaired) electrons. The molecular formula is C26H25N3O9S. The summed E-state index contributed by atoms with van der Waals surface area (Å²) in [6, 6.07) is 13.4. The number of carbonyl (C=O) groups is 4. The summed E-state index contributed by atoms with van der Waals surface area (Å²) in [5.41, 5.74) is 0.742. The maximum Gasteiger partial charge on any atom is 0.355 e. The van der Waals surface area contributed by atoms with Crippen molar-refractivity contribution in [2.24, 2.45) is 0 Å². The number of hydrogen-bond donors (Lipinski definition) is 1. The van der Waals surface area contributed by atoms with Gasteiger partial charge in [-0.15, -0.1) is 11.8 Å². The van der Waals surface area contributed by atoms with Gasteiger partial charge in [-0.2, -0.15) is 0 Å². The monoisotopic (exact) mass is 555 g/mol. The van der Waals surface area contributed by atoms with Gasteiger partial charge in [-0.25, -0.2) is 4.79 Å². The molecule has 1 fully saturated rings. The first-order valence-corrected chi connectivity index (χ1v) is 12.9. The van der Waals surface area contributed by atoms with Crippen molar-refractivity contribution in [1.82, 2.24) is 10.2 Å². The first-order chi connectivity index (χ1) is 18.7. The average Bonchev–Trinajstić information content (AvgIpc) is 2.92. The van der Waals surface area contributed by atoms with E-state index in [1.54, 1.807) is 31.2 Å². The van der Waals surface area contributed by atoms with Crippen LogP contribution in [-0.2, 0) is 35.3 Å². The number of thioether (sulfide) groups is 1. The van der Waals surface area contributed by atoms with E-state index in [1.165, 1.54) is 47.9 Å². The molecule has 0 bridgehead atoms. The average molecular weight is 556 g/mol. The van der Waals surface area contributed by atoms with E-state index < -0.39 is 46.2 Å². The van der Waals surface area contributed by atoms with Crippen LogP contribution in [0.4, 0.5) is 5.69 Å². The topological polar surface area (TPSA) is 154 Å². The van der Waals surface area contributed by atoms with Crippen LogP contribution in [0.3, 0.4) is 0 Å². The summed E-state index contributed by atoms with van der Waals surface area (Å²) in [6.07, 6.45) is -0.807. The highest BCUT2D eigenvalue weighted by Gasteiger charge is 2.55. The number of carbonyl (C=O) groups excluding carboxylic acids is 4. The number of fused-ring (bicyclic) bond motifs is 1. The minimum absolute atomic E-state index is 0.0505. The molecule has 4 rings (SSSR count). The van der Waals surface area contributed by atoms with Crippen LogP contribution in [-0.4, -0.2) is 63.5 Å². The van der Waals surface area contributed by atoms with E-state index in [2.05, 4.69) is 5.32 Å². The van der Waals surface area contributed by atoms with Crippen LogP contribution >= 0.6 is 11.8 Å². The number of ether oxygens (including phenoxy) is 3. The lowest BCUT2D eigenvalue weighted by molar-refractivity contribution is -0.384. The number of non-ortho nitro benzene ring substituents is 1. The second-order valence-electron chi connectivity index (χ2n) is 8.68. The highest BCUT2D eigenvalue weighted by Crippen LogP contribution is 2.42. The fraction of sp³-hybridized carbons (Fsp3) is 0.308. The first kappa shape index (κ1) is 27.6. The number of esters is 2. The quantitative estimate of drug-likeness (QED) is 0.200. The highest BCUT2D eigenvalue weighted by molar-refractivity contribution is 8.00. The summed E-state index contributed by atoms with van der Waals surface area (Å²) < 4.78 is 16.1. The van der Waals surface area contributed by atoms with Crippen LogP contribution in [0.1, 0.15) is 19.4 Å². The van der Waals surface area contributed by atoms with E-state index in [0.717, 1.165) is 0 Å². The van der Waals surface area contributed by atoms with E-state index >= 15 is 0 Å². The van der Waals surface area contributed by atoms with Crippen molar-refractivity contribution < 1.29 is 38.3 Å². The standard InChI is InChI=1S/C26H25N3O9S/c1-15(38-16(2)30)20-14-39-25-22(27-21(31)13-36-19-6-4-3-5-7-19)24(32)28(25)23(20)26(33)37-12-17-8-10-18(11-9-17)29(34)35/h3-11,15,22,25H,12-14H2,1-2H3,(H,27,31)/t15?,22-,25-/m1/s1. The maximum atomic E-state index is 13.2. The van der Waals surface area contributed by atoms with Crippen LogP contribution in [0, 0.1) is 10.1 Å². The molecule has 2 heterocycles. The molecule has 204 valence electrons. The Morgan fingerprint density at radius 3 is 2.49 bits per heavy atom. The SMILES string of the molecule is CC(=O)OC(C)C1=C(C(=O)OCc2ccc([N+](=O)[O-])cc2)N2C(=O)[C@@H](NC(=O)COc3ccccc3)[C@H]2SC1. The van der Waals surface area contributed by atoms with Gasteiger partial charge >= 0.3 is 11.9 Å². The fourth-order valence-corrected chi connectivity index (χ4v) is 5.53. The third kappa shape index (κ3) is 6.37. The lowest BCUT2D eigenvalue weighted by atomic mass is 10.0. The Morgan fingerprint density at radius 1 is 1.15 bits per heavy atom. The Labute approximate surface area is 227 Å². The summed E-state index contributed by atoms with van der Waals surface area (Å²) in [7, 11) is 0. The molecule has 2 amide bonds. The second-order valence-corrected chi connectivity index (χ2v) is 9.79. The second kappa shape index (κ2) is 12.0. The Bertz CT molecular complexity index is 1310. The maximum absolute atomic E-state index is 13.2. The van der Waals surface area contributed by atoms with Crippen LogP contribution in [0.2, 0.25) is 0 Å². The van der Waals surface area contributed by atoms with Gasteiger partial charge in [0.1, 0.15) is 35.6 Å². The zero-order valence-corrected chi connectivity index (χ0v) is 21.8. The number of nitrogens with one attached hydrogen (secondary N) is 1. The lowest BCUT2D eigenvalue weighted by Crippen LogP contribution is -2.71. The van der Waals surface area contributed by atoms with Gasteiger partial charge in [-0.1, -0.05) is 18.2 Å². The van der Waals surface area contributed by atoms with Crippen molar-refractivity contribution in [3.05, 3.63) is 81.5 Å². The van der Waals surface area contributed by atoms with Gasteiger partial charge < -0.3 is 19.5 Å². The van der Waals surface area contributed by atoms with Crippen molar-refractivity contribution in [2.75, 3.05) is 12.4 Å². The molecule has 2 aliphatic rings. The van der Waals surface area contributed by atoms with Crippen molar-refractivity contribution in [1.29, 1.82) is 0 Å². The van der Waals surface area contributed by atoms with Crippen LogP contribution in [0.15, 0.2) is 65.9 Å². The number of benzene rings is 2. The Balaban J connectivity index is 1.46. The Hall–Kier alpha value is -4.39. The Kier molecular flexibility index (Phi) is 8.49. The third-order valence-corrected chi connectivity index (χ3v) is 7.27. The molecule has 0 aliphatic carbocycles. The molecule has 3 atom stereocenters. The van der Waals surface area contributed by atoms with E-state index in [1.807, 2.05) is 6.07 Å². The van der Waals surface area contributed by atoms with E-state index in [0.29, 0.717) is 16.9 Å². The predicted octanol–water partition coefficient (Wildman–Crippen LogP) is 2.32. The minimum Gasteiger partial charge on any atom is -0.484 e. The molecule has 2 aromatic rings. The van der Waals surface area contributed by atoms with Gasteiger partial charge in [0.15, 0.2) is 6.61 Å². The molecule has 0 aromatic heterocycles. The number of rotatable bonds is 10. The van der Waals surface area contributed by atoms with Gasteiger partial charge in [0.25, 0.3) is 17.5 Å². The molecule has 0 spiro atoms. The van der Waals surface area contributed by atoms with E-state index in [4.69, 9.17) is 14.2 Å². The molecule has 2 aromatic carbocycles. The number of nitrogens with zero attached hydrogens (tertiary/aromatic N) is 2. The summed E-state index contributed by atoms with van der Waals surface area (Å²) in [6.45, 7) is 2.33. The number of nitro groups is 1. The molecule has 0 saturated carbocycles. The first-order valence-electron chi connectivity index (χ1n) is 11.9. The number of hydrogen-bond acceptors (Lipinski definition) is 10. The van der Waals surface area contributed by atoms with Crippen molar-refractivity contribution in [3.8, 4) is 5.75 Å². The van der Waals surface area contributed by atoms with Crippen molar-refractivity contribution in [2.45, 2.75) is 38.0 Å². The van der Waals surface area contributed by atoms with Crippen LogP contribution in [0.5, 0.6) is 5.75 Å². The lowest BCUT2D eigenvalue weighted by Gasteiger charge is -2.50. The molecule has 12 nitrogen and oxygen atoms in total. The smallest absolute Gasteiger partial charge is 0.355 e. The summed E-state index contributed by atoms with van der Waals surface area (Å²) >= 11 is 1.31. The van der Waals surface area contributed by atoms with Gasteiger partial charge in [-0.3, -0.25) is 29.4 Å². The van der Waals surface area contributed by atoms with Crippen molar-refractivity contribution in [3.63, 3.8) is 0 Å². The third-order valence-electron chi connectivity index (χ3n) is 5.97. The molecule has 13 heteroatoms. The molecule has 1 saturated heterocycles. The molecule has 1 N–H and O–H groups in total. The highest BCUT2D eigenvalue weighted by atomic mass is 32.2. The van der Waals surface area contributed by atoms with Crippen LogP contribution in [0.25, 0.3) is 0 Å². The minimum atomic E-state index is -0.884. The number of para-hydroxylation sites is 1. The summed E-state index contributed by atoms with van der Waals surface area (Å²) in [5, 5.41) is 12.9. The Morgan fingerprint density at radius 2 is 1.85 bits per heavy atom. The summed E-state index contributed by atoms with van der Waals surface area (Å²) in [4.78, 5) is 61.9. The van der Waals surface area contributed by atoms with E-state index in [9.17, 15) is 29.3 Å². The van der Waals surface area contributed by atoms with Gasteiger partial charge in [0, 0.05) is 30.4 Å². The largest absolute Gasteiger partial charge is 0.484 e. The normalized spacial score (nSPS) is 18.8. The zero-order valence-electron chi connectivity index (χ0n) is 21.0. The zero-order chi connectivity index (χ0) is 28.1. The van der Waals surface area contributed by atoms with Gasteiger partial charge in [0.05, 0.1) is 4.92 Å². The molecular weight excluding hydrogens is 530 g/mol. The molecule has 2 aliphatic heterocycles. The van der Waals surface area contributed by atoms with Gasteiger partial charge in [-0.05, 0) is 36.8 Å². The molecule has 1 unspecified atom stereocenters. The summed E-state index contributed by atoms with van der Waals surface area (Å²) in [5.74, 6) is -1.64. The van der Waals surface area contributed by atoms with Gasteiger partial charge in [0.2, 0.25) is 0 Å². The van der Waals surface area contributed by atoms with Crippen molar-refractivity contribution >= 4 is 41.2 Å². The van der Waals surface area contributed by atoms with Crippen LogP contribution < -0.4 is 10.1 Å². The number of nitro benzene ring substituents is 1. The predicted molar refractivity (Wildman–Crippen MR) is 138 cm³/mol. The molecule has 39 heavy (non-hydrogen) atoms. The number of amides is 2. The fourth-order valence-electron chi connectivity index (χ4n) is 4.07. The number of β-lactam (4-membered cyclic amide) rings is 1.